The second-order valence-corrected chi connectivity index (χ2v) is 12.4. The minimum absolute atomic E-state index is 0. The molecule has 0 spiro atoms. The fourth-order valence-corrected chi connectivity index (χ4v) is 6.58. The van der Waals surface area contributed by atoms with Gasteiger partial charge in [0.15, 0.2) is 5.82 Å². The Kier molecular flexibility index (Phi) is 7.46. The number of sulfonamides is 1. The van der Waals surface area contributed by atoms with E-state index >= 15 is 4.39 Å². The topological polar surface area (TPSA) is 108 Å². The molecule has 2 N–H and O–H groups in total. The first-order valence-electron chi connectivity index (χ1n) is 12.1. The number of aliphatic hydroxyl groups is 1. The maximum atomic E-state index is 15.1. The lowest BCUT2D eigenvalue weighted by Gasteiger charge is -2.31. The first-order valence-corrected chi connectivity index (χ1v) is 13.6. The molecule has 200 valence electrons. The number of nitrogens with one attached hydrogen (secondary N) is 1. The minimum Gasteiger partial charge on any atom is -0.386 e. The third-order valence-electron chi connectivity index (χ3n) is 6.76. The molecule has 0 radical (unpaired) electrons. The molecule has 2 fully saturated rings. The van der Waals surface area contributed by atoms with E-state index in [4.69, 9.17) is 0 Å². The van der Waals surface area contributed by atoms with Gasteiger partial charge in [-0.05, 0) is 70.2 Å². The van der Waals surface area contributed by atoms with Crippen LogP contribution >= 0.6 is 12.4 Å². The van der Waals surface area contributed by atoms with E-state index < -0.39 is 27.3 Å². The van der Waals surface area contributed by atoms with Crippen LogP contribution in [0.2, 0.25) is 0 Å². The van der Waals surface area contributed by atoms with Crippen LogP contribution in [0.15, 0.2) is 24.4 Å². The van der Waals surface area contributed by atoms with Crippen molar-refractivity contribution in [2.75, 3.05) is 18.4 Å². The van der Waals surface area contributed by atoms with Crippen LogP contribution in [0.1, 0.15) is 50.8 Å². The molecule has 1 saturated carbocycles. The number of piperidine rings is 1. The molecule has 0 unspecified atom stereocenters. The van der Waals surface area contributed by atoms with Crippen LogP contribution < -0.4 is 5.32 Å². The van der Waals surface area contributed by atoms with Gasteiger partial charge < -0.3 is 10.4 Å². The number of hydrogen-bond donors (Lipinski definition) is 2. The third kappa shape index (κ3) is 5.55. The van der Waals surface area contributed by atoms with Gasteiger partial charge in [-0.3, -0.25) is 4.98 Å². The van der Waals surface area contributed by atoms with Crippen LogP contribution in [0, 0.1) is 18.6 Å². The van der Waals surface area contributed by atoms with Gasteiger partial charge in [-0.2, -0.15) is 0 Å². The zero-order valence-electron chi connectivity index (χ0n) is 20.8. The molecular weight excluding hydrogens is 524 g/mol. The van der Waals surface area contributed by atoms with Crippen molar-refractivity contribution in [1.82, 2.24) is 19.3 Å². The molecule has 1 aliphatic carbocycles. The summed E-state index contributed by atoms with van der Waals surface area (Å²) in [5.74, 6) is -1.18. The summed E-state index contributed by atoms with van der Waals surface area (Å²) in [4.78, 5) is 12.6. The summed E-state index contributed by atoms with van der Waals surface area (Å²) in [5.41, 5.74) is -0.0192. The monoisotopic (exact) mass is 553 g/mol. The van der Waals surface area contributed by atoms with E-state index in [1.54, 1.807) is 37.2 Å². The third-order valence-corrected chi connectivity index (χ3v) is 9.16. The second-order valence-electron chi connectivity index (χ2n) is 10.2. The summed E-state index contributed by atoms with van der Waals surface area (Å²) in [6.07, 6.45) is 3.65. The molecule has 1 aliphatic heterocycles. The van der Waals surface area contributed by atoms with Gasteiger partial charge in [-0.1, -0.05) is 0 Å². The Balaban J connectivity index is 0.00000320. The van der Waals surface area contributed by atoms with Crippen molar-refractivity contribution in [3.8, 4) is 11.3 Å². The smallest absolute Gasteiger partial charge is 0.223 e. The maximum absolute atomic E-state index is 15.1. The van der Waals surface area contributed by atoms with E-state index in [1.165, 1.54) is 6.07 Å². The highest BCUT2D eigenvalue weighted by Gasteiger charge is 2.41. The summed E-state index contributed by atoms with van der Waals surface area (Å²) in [7, 11) is -3.21. The Labute approximate surface area is 221 Å². The van der Waals surface area contributed by atoms with Crippen molar-refractivity contribution >= 4 is 39.3 Å². The highest BCUT2D eigenvalue weighted by molar-refractivity contribution is 7.90. The molecule has 12 heteroatoms. The van der Waals surface area contributed by atoms with Crippen molar-refractivity contribution in [2.45, 2.75) is 63.3 Å². The van der Waals surface area contributed by atoms with E-state index in [-0.39, 0.29) is 46.4 Å². The lowest BCUT2D eigenvalue weighted by Crippen LogP contribution is -2.43. The molecule has 8 nitrogen and oxygen atoms in total. The fraction of sp³-hybridized carbons (Fsp3) is 0.480. The molecule has 1 aromatic carbocycles. The van der Waals surface area contributed by atoms with Gasteiger partial charge in [0.1, 0.15) is 17.0 Å². The minimum atomic E-state index is -3.21. The van der Waals surface area contributed by atoms with Gasteiger partial charge >= 0.3 is 0 Å². The van der Waals surface area contributed by atoms with E-state index in [9.17, 15) is 17.9 Å². The van der Waals surface area contributed by atoms with Gasteiger partial charge in [-0.15, -0.1) is 12.4 Å². The summed E-state index contributed by atoms with van der Waals surface area (Å²) < 4.78 is 56.4. The fourth-order valence-electron chi connectivity index (χ4n) is 4.71. The molecule has 2 aromatic heterocycles. The van der Waals surface area contributed by atoms with Crippen molar-refractivity contribution in [3.63, 3.8) is 0 Å². The summed E-state index contributed by atoms with van der Waals surface area (Å²) in [6.45, 7) is 5.73. The van der Waals surface area contributed by atoms with Gasteiger partial charge in [-0.25, -0.2) is 31.5 Å². The number of rotatable bonds is 6. The number of aromatic nitrogens is 3. The van der Waals surface area contributed by atoms with Crippen LogP contribution in [0.3, 0.4) is 0 Å². The first kappa shape index (κ1) is 27.6. The number of anilines is 1. The van der Waals surface area contributed by atoms with E-state index in [0.717, 1.165) is 19.0 Å². The highest BCUT2D eigenvalue weighted by atomic mass is 35.5. The van der Waals surface area contributed by atoms with Crippen molar-refractivity contribution in [2.24, 2.45) is 0 Å². The van der Waals surface area contributed by atoms with Crippen LogP contribution in [-0.2, 0) is 15.6 Å². The molecule has 1 saturated heterocycles. The SMILES string of the molecule is Cc1cc(C(C)(C)O)c2cc(-c3nc(NC4CCN(S(=O)(=O)C5CC5)CC4)ncc3F)cc(F)c2n1.Cl. The van der Waals surface area contributed by atoms with Gasteiger partial charge in [0.25, 0.3) is 0 Å². The summed E-state index contributed by atoms with van der Waals surface area (Å²) >= 11 is 0. The highest BCUT2D eigenvalue weighted by Crippen LogP contribution is 2.35. The first-order chi connectivity index (χ1) is 16.9. The predicted molar refractivity (Wildman–Crippen MR) is 140 cm³/mol. The predicted octanol–water partition coefficient (Wildman–Crippen LogP) is 4.30. The number of benzene rings is 1. The van der Waals surface area contributed by atoms with Gasteiger partial charge in [0.2, 0.25) is 16.0 Å². The standard InChI is InChI=1S/C25H29F2N5O3S.ClH/c1-14-10-19(25(2,3)33)18-11-15(12-20(26)23(18)29-14)22-21(27)13-28-24(31-22)30-16-6-8-32(9-7-16)36(34,35)17-4-5-17;/h10-13,16-17,33H,4-9H2,1-3H3,(H,28,30,31);1H. The number of aryl methyl sites for hydroxylation is 1. The molecular formula is C25H30ClF2N5O3S. The van der Waals surface area contributed by atoms with Gasteiger partial charge in [0.05, 0.1) is 17.0 Å². The number of nitrogens with zero attached hydrogens (tertiary/aromatic N) is 4. The average molecular weight is 554 g/mol. The molecule has 2 aliphatic rings. The average Bonchev–Trinajstić information content (AvgIpc) is 3.66. The molecule has 0 bridgehead atoms. The Morgan fingerprint density at radius 2 is 1.73 bits per heavy atom. The second kappa shape index (κ2) is 10.0. The quantitative estimate of drug-likeness (QED) is 0.468. The van der Waals surface area contributed by atoms with Crippen molar-refractivity contribution < 1.29 is 22.3 Å². The maximum Gasteiger partial charge on any atom is 0.223 e. The molecule has 37 heavy (non-hydrogen) atoms. The van der Waals surface area contributed by atoms with Crippen molar-refractivity contribution in [1.29, 1.82) is 0 Å². The number of pyridine rings is 1. The van der Waals surface area contributed by atoms with Crippen LogP contribution in [-0.4, -0.2) is 57.2 Å². The summed E-state index contributed by atoms with van der Waals surface area (Å²) in [6, 6.07) is 4.37. The van der Waals surface area contributed by atoms with Crippen molar-refractivity contribution in [3.05, 3.63) is 47.3 Å². The lowest BCUT2D eigenvalue weighted by molar-refractivity contribution is 0.0800. The van der Waals surface area contributed by atoms with E-state index in [0.29, 0.717) is 42.6 Å². The van der Waals surface area contributed by atoms with Crippen LogP contribution in [0.25, 0.3) is 22.2 Å². The molecule has 3 aromatic rings. The Morgan fingerprint density at radius 1 is 1.05 bits per heavy atom. The molecule has 0 amide bonds. The molecule has 5 rings (SSSR count). The Bertz CT molecular complexity index is 1440. The lowest BCUT2D eigenvalue weighted by atomic mass is 9.92. The number of hydrogen-bond acceptors (Lipinski definition) is 7. The molecule has 3 heterocycles. The van der Waals surface area contributed by atoms with Crippen LogP contribution in [0.5, 0.6) is 0 Å². The number of halogens is 3. The van der Waals surface area contributed by atoms with Gasteiger partial charge in [0, 0.05) is 35.8 Å². The Hall–Kier alpha value is -2.47. The molecule has 0 atom stereocenters. The largest absolute Gasteiger partial charge is 0.386 e. The van der Waals surface area contributed by atoms with E-state index in [1.807, 2.05) is 0 Å². The zero-order valence-corrected chi connectivity index (χ0v) is 22.5. The normalized spacial score (nSPS) is 17.6. The number of fused-ring (bicyclic) bond motifs is 1. The summed E-state index contributed by atoms with van der Waals surface area (Å²) in [5, 5.41) is 14.0. The van der Waals surface area contributed by atoms with E-state index in [2.05, 4.69) is 20.3 Å². The Morgan fingerprint density at radius 3 is 2.35 bits per heavy atom. The zero-order chi connectivity index (χ0) is 25.8. The van der Waals surface area contributed by atoms with Crippen LogP contribution in [0.4, 0.5) is 14.7 Å².